The fourth-order valence-electron chi connectivity index (χ4n) is 4.16. The number of anilines is 2. The number of fused-ring (bicyclic) bond motifs is 1. The molecular weight excluding hydrogens is 440 g/mol. The second kappa shape index (κ2) is 10.1. The third-order valence-electron chi connectivity index (χ3n) is 6.19. The van der Waals surface area contributed by atoms with Gasteiger partial charge in [0.15, 0.2) is 0 Å². The van der Waals surface area contributed by atoms with E-state index in [2.05, 4.69) is 58.0 Å². The normalized spacial score (nSPS) is 15.1. The zero-order valence-electron chi connectivity index (χ0n) is 19.8. The van der Waals surface area contributed by atoms with Crippen molar-refractivity contribution in [1.82, 2.24) is 14.9 Å². The van der Waals surface area contributed by atoms with E-state index in [1.807, 2.05) is 0 Å². The lowest BCUT2D eigenvalue weighted by atomic mass is 10.1. The highest BCUT2D eigenvalue weighted by atomic mass is 16.5. The van der Waals surface area contributed by atoms with E-state index in [1.165, 1.54) is 11.8 Å². The van der Waals surface area contributed by atoms with E-state index < -0.39 is 0 Å². The average Bonchev–Trinajstić information content (AvgIpc) is 3.35. The van der Waals surface area contributed by atoms with Crippen LogP contribution in [0.5, 0.6) is 11.6 Å². The molecule has 0 saturated carbocycles. The van der Waals surface area contributed by atoms with Crippen LogP contribution >= 0.6 is 0 Å². The molecule has 0 spiro atoms. The number of aliphatic imine (C=N–C) groups is 1. The molecule has 3 heterocycles. The number of ether oxygens (including phenoxy) is 1. The van der Waals surface area contributed by atoms with Gasteiger partial charge < -0.3 is 19.9 Å². The van der Waals surface area contributed by atoms with Crippen molar-refractivity contribution in [3.8, 4) is 11.6 Å². The monoisotopic (exact) mass is 468 g/mol. The van der Waals surface area contributed by atoms with E-state index in [-0.39, 0.29) is 5.91 Å². The van der Waals surface area contributed by atoms with Crippen molar-refractivity contribution in [3.63, 3.8) is 0 Å². The van der Waals surface area contributed by atoms with Gasteiger partial charge in [0.2, 0.25) is 11.8 Å². The maximum atomic E-state index is 11.5. The Morgan fingerprint density at radius 2 is 1.80 bits per heavy atom. The molecule has 35 heavy (non-hydrogen) atoms. The van der Waals surface area contributed by atoms with E-state index in [0.29, 0.717) is 36.1 Å². The number of nitrogens with zero attached hydrogens (tertiary/aromatic N) is 5. The van der Waals surface area contributed by atoms with Gasteiger partial charge >= 0.3 is 0 Å². The molecule has 0 radical (unpaired) electrons. The number of hydrogen-bond donors (Lipinski definition) is 1. The second-order valence-corrected chi connectivity index (χ2v) is 8.73. The van der Waals surface area contributed by atoms with E-state index >= 15 is 0 Å². The summed E-state index contributed by atoms with van der Waals surface area (Å²) in [6.45, 7) is 8.25. The molecule has 0 unspecified atom stereocenters. The van der Waals surface area contributed by atoms with Crippen LogP contribution in [0.2, 0.25) is 0 Å². The maximum absolute atomic E-state index is 11.5. The van der Waals surface area contributed by atoms with E-state index in [1.54, 1.807) is 30.5 Å². The first-order chi connectivity index (χ1) is 17.1. The third kappa shape index (κ3) is 5.38. The van der Waals surface area contributed by atoms with Crippen LogP contribution in [0.3, 0.4) is 0 Å². The van der Waals surface area contributed by atoms with Gasteiger partial charge in [0, 0.05) is 50.2 Å². The minimum atomic E-state index is -0.260. The Bertz CT molecular complexity index is 1250. The van der Waals surface area contributed by atoms with Gasteiger partial charge in [0.1, 0.15) is 11.6 Å². The van der Waals surface area contributed by atoms with Gasteiger partial charge in [0.25, 0.3) is 0 Å². The van der Waals surface area contributed by atoms with Crippen LogP contribution in [0, 0.1) is 0 Å². The van der Waals surface area contributed by atoms with Crippen molar-refractivity contribution in [2.45, 2.75) is 13.0 Å². The summed E-state index contributed by atoms with van der Waals surface area (Å²) in [7, 11) is 2.17. The molecule has 0 bridgehead atoms. The molecule has 1 saturated heterocycles. The molecule has 0 atom stereocenters. The topological polar surface area (TPSA) is 83.0 Å². The SMILES string of the molecule is C=CC(=O)Nc1ccc(Oc2nc(Cc3ccc(N4CCN(C)CC4)cc3)nc3c2C=NC3)cc1. The first-order valence-electron chi connectivity index (χ1n) is 11.7. The molecule has 178 valence electrons. The number of aromatic nitrogens is 2. The van der Waals surface area contributed by atoms with Gasteiger partial charge in [-0.3, -0.25) is 9.79 Å². The van der Waals surface area contributed by atoms with E-state index in [0.717, 1.165) is 43.0 Å². The highest BCUT2D eigenvalue weighted by Crippen LogP contribution is 2.28. The number of rotatable bonds is 7. The summed E-state index contributed by atoms with van der Waals surface area (Å²) in [6.07, 6.45) is 3.60. The predicted molar refractivity (Wildman–Crippen MR) is 138 cm³/mol. The molecule has 1 amide bonds. The standard InChI is InChI=1S/C27H28N6O2/c1-3-26(34)29-20-6-10-22(11-7-20)35-27-23-17-28-18-24(23)30-25(31-27)16-19-4-8-21(9-5-19)33-14-12-32(2)13-15-33/h3-11,17H,1,12-16,18H2,2H3,(H,29,34). The largest absolute Gasteiger partial charge is 0.438 e. The first kappa shape index (κ1) is 22.7. The Morgan fingerprint density at radius 3 is 2.51 bits per heavy atom. The third-order valence-corrected chi connectivity index (χ3v) is 6.19. The predicted octanol–water partition coefficient (Wildman–Crippen LogP) is 3.67. The van der Waals surface area contributed by atoms with Crippen LogP contribution < -0.4 is 15.0 Å². The highest BCUT2D eigenvalue weighted by Gasteiger charge is 2.19. The lowest BCUT2D eigenvalue weighted by Crippen LogP contribution is -2.44. The molecule has 1 fully saturated rings. The number of likely N-dealkylation sites (N-methyl/N-ethyl adjacent to an activating group) is 1. The van der Waals surface area contributed by atoms with E-state index in [9.17, 15) is 4.79 Å². The molecule has 1 aromatic heterocycles. The number of carbonyl (C=O) groups excluding carboxylic acids is 1. The van der Waals surface area contributed by atoms with Crippen molar-refractivity contribution in [2.75, 3.05) is 43.4 Å². The summed E-state index contributed by atoms with van der Waals surface area (Å²) in [6, 6.07) is 15.8. The van der Waals surface area contributed by atoms with Crippen LogP contribution in [-0.2, 0) is 17.8 Å². The molecule has 2 aliphatic heterocycles. The molecule has 8 nitrogen and oxygen atoms in total. The van der Waals surface area contributed by atoms with Gasteiger partial charge in [-0.15, -0.1) is 0 Å². The first-order valence-corrected chi connectivity index (χ1v) is 11.7. The summed E-state index contributed by atoms with van der Waals surface area (Å²) in [5.74, 6) is 1.55. The van der Waals surface area contributed by atoms with E-state index in [4.69, 9.17) is 14.7 Å². The number of piperazine rings is 1. The minimum Gasteiger partial charge on any atom is -0.438 e. The molecule has 8 heteroatoms. The molecule has 3 aromatic rings. The summed E-state index contributed by atoms with van der Waals surface area (Å²) in [4.78, 5) is 30.1. The van der Waals surface area contributed by atoms with Crippen LogP contribution in [-0.4, -0.2) is 60.2 Å². The van der Waals surface area contributed by atoms with Crippen molar-refractivity contribution in [2.24, 2.45) is 4.99 Å². The number of carbonyl (C=O) groups is 1. The Balaban J connectivity index is 1.30. The number of amides is 1. The Morgan fingerprint density at radius 1 is 1.06 bits per heavy atom. The molecule has 0 aliphatic carbocycles. The van der Waals surface area contributed by atoms with Crippen LogP contribution in [0.15, 0.2) is 66.2 Å². The highest BCUT2D eigenvalue weighted by molar-refractivity contribution is 5.98. The number of benzene rings is 2. The van der Waals surface area contributed by atoms with Gasteiger partial charge in [0.05, 0.1) is 17.8 Å². The molecule has 2 aromatic carbocycles. The van der Waals surface area contributed by atoms with Gasteiger partial charge in [-0.1, -0.05) is 18.7 Å². The number of nitrogens with one attached hydrogen (secondary N) is 1. The number of hydrogen-bond acceptors (Lipinski definition) is 7. The summed E-state index contributed by atoms with van der Waals surface area (Å²) < 4.78 is 6.11. The van der Waals surface area contributed by atoms with Crippen LogP contribution in [0.25, 0.3) is 0 Å². The molecular formula is C27H28N6O2. The minimum absolute atomic E-state index is 0.260. The lowest BCUT2D eigenvalue weighted by Gasteiger charge is -2.34. The van der Waals surface area contributed by atoms with Crippen molar-refractivity contribution in [3.05, 3.63) is 83.8 Å². The summed E-state index contributed by atoms with van der Waals surface area (Å²) in [5.41, 5.74) is 4.74. The lowest BCUT2D eigenvalue weighted by molar-refractivity contribution is -0.111. The zero-order chi connectivity index (χ0) is 24.2. The van der Waals surface area contributed by atoms with Crippen molar-refractivity contribution >= 4 is 23.5 Å². The zero-order valence-corrected chi connectivity index (χ0v) is 19.8. The van der Waals surface area contributed by atoms with Crippen molar-refractivity contribution < 1.29 is 9.53 Å². The van der Waals surface area contributed by atoms with Crippen molar-refractivity contribution in [1.29, 1.82) is 0 Å². The molecule has 1 N–H and O–H groups in total. The fourth-order valence-corrected chi connectivity index (χ4v) is 4.16. The Hall–Kier alpha value is -4.04. The second-order valence-electron chi connectivity index (χ2n) is 8.73. The summed E-state index contributed by atoms with van der Waals surface area (Å²) in [5, 5.41) is 2.72. The quantitative estimate of drug-likeness (QED) is 0.533. The molecule has 2 aliphatic rings. The van der Waals surface area contributed by atoms with Crippen LogP contribution in [0.1, 0.15) is 22.6 Å². The Labute approximate surface area is 205 Å². The smallest absolute Gasteiger partial charge is 0.247 e. The van der Waals surface area contributed by atoms with Gasteiger partial charge in [-0.25, -0.2) is 4.98 Å². The van der Waals surface area contributed by atoms with Crippen LogP contribution in [0.4, 0.5) is 11.4 Å². The maximum Gasteiger partial charge on any atom is 0.247 e. The molecule has 5 rings (SSSR count). The average molecular weight is 469 g/mol. The summed E-state index contributed by atoms with van der Waals surface area (Å²) >= 11 is 0. The Kier molecular flexibility index (Phi) is 6.54. The van der Waals surface area contributed by atoms with Gasteiger partial charge in [-0.2, -0.15) is 4.98 Å². The fraction of sp³-hybridized carbons (Fsp3) is 0.259. The van der Waals surface area contributed by atoms with Gasteiger partial charge in [-0.05, 0) is 55.1 Å².